The van der Waals surface area contributed by atoms with E-state index in [9.17, 15) is 0 Å². The van der Waals surface area contributed by atoms with E-state index in [-0.39, 0.29) is 6.04 Å². The summed E-state index contributed by atoms with van der Waals surface area (Å²) in [5.41, 5.74) is 1.18. The van der Waals surface area contributed by atoms with E-state index in [2.05, 4.69) is 18.0 Å². The van der Waals surface area contributed by atoms with E-state index in [0.717, 1.165) is 30.2 Å². The van der Waals surface area contributed by atoms with Crippen molar-refractivity contribution < 1.29 is 19.2 Å². The van der Waals surface area contributed by atoms with Crippen molar-refractivity contribution in [3.8, 4) is 11.5 Å². The van der Waals surface area contributed by atoms with Crippen molar-refractivity contribution in [1.82, 2.24) is 0 Å². The van der Waals surface area contributed by atoms with Gasteiger partial charge in [-0.1, -0.05) is 6.08 Å². The maximum atomic E-state index is 5.38. The summed E-state index contributed by atoms with van der Waals surface area (Å²) in [6.45, 7) is 4.64. The molecule has 1 atom stereocenters. The lowest BCUT2D eigenvalue weighted by atomic mass is 10.0. The minimum atomic E-state index is 0.271. The lowest BCUT2D eigenvalue weighted by molar-refractivity contribution is -0.712. The third-order valence-electron chi connectivity index (χ3n) is 3.44. The second-order valence-corrected chi connectivity index (χ2v) is 4.76. The zero-order chi connectivity index (χ0) is 15.1. The maximum Gasteiger partial charge on any atom is 0.161 e. The molecule has 1 aromatic carbocycles. The minimum Gasteiger partial charge on any atom is -0.493 e. The van der Waals surface area contributed by atoms with Crippen molar-refractivity contribution in [2.75, 3.05) is 14.2 Å². The Hall–Kier alpha value is -2.20. The summed E-state index contributed by atoms with van der Waals surface area (Å²) in [7, 11) is 3.29. The Labute approximate surface area is 125 Å². The van der Waals surface area contributed by atoms with Crippen LogP contribution in [0.25, 0.3) is 0 Å². The second kappa shape index (κ2) is 7.55. The SMILES string of the molecule is C=CC[C@@H]([NH2+]Cc1ccco1)c1ccc(OC)c(OC)c1. The smallest absolute Gasteiger partial charge is 0.161 e. The highest BCUT2D eigenvalue weighted by Crippen LogP contribution is 2.29. The van der Waals surface area contributed by atoms with Gasteiger partial charge in [0, 0.05) is 12.0 Å². The van der Waals surface area contributed by atoms with Crippen LogP contribution in [-0.2, 0) is 6.54 Å². The van der Waals surface area contributed by atoms with Crippen LogP contribution in [0.1, 0.15) is 23.8 Å². The Balaban J connectivity index is 2.14. The molecule has 0 aliphatic rings. The molecule has 0 fully saturated rings. The predicted octanol–water partition coefficient (Wildman–Crippen LogP) is 2.68. The molecular formula is C17H22NO3+. The number of hydrogen-bond donors (Lipinski definition) is 1. The van der Waals surface area contributed by atoms with Crippen LogP contribution in [0.15, 0.2) is 53.7 Å². The average Bonchev–Trinajstić information content (AvgIpc) is 3.04. The fraction of sp³-hybridized carbons (Fsp3) is 0.294. The molecule has 0 aliphatic carbocycles. The molecule has 0 unspecified atom stereocenters. The Morgan fingerprint density at radius 3 is 2.67 bits per heavy atom. The van der Waals surface area contributed by atoms with Crippen LogP contribution in [0.4, 0.5) is 0 Å². The lowest BCUT2D eigenvalue weighted by Gasteiger charge is -2.16. The predicted molar refractivity (Wildman–Crippen MR) is 81.4 cm³/mol. The van der Waals surface area contributed by atoms with Gasteiger partial charge in [-0.05, 0) is 30.3 Å². The monoisotopic (exact) mass is 288 g/mol. The van der Waals surface area contributed by atoms with Crippen LogP contribution in [0.2, 0.25) is 0 Å². The first-order valence-corrected chi connectivity index (χ1v) is 6.97. The van der Waals surface area contributed by atoms with E-state index in [0.29, 0.717) is 0 Å². The highest BCUT2D eigenvalue weighted by Gasteiger charge is 2.16. The third-order valence-corrected chi connectivity index (χ3v) is 3.44. The van der Waals surface area contributed by atoms with Gasteiger partial charge in [-0.3, -0.25) is 0 Å². The van der Waals surface area contributed by atoms with Crippen molar-refractivity contribution in [3.63, 3.8) is 0 Å². The van der Waals surface area contributed by atoms with Crippen LogP contribution in [0.5, 0.6) is 11.5 Å². The van der Waals surface area contributed by atoms with Crippen molar-refractivity contribution in [3.05, 3.63) is 60.6 Å². The number of benzene rings is 1. The van der Waals surface area contributed by atoms with Gasteiger partial charge in [-0.25, -0.2) is 0 Å². The standard InChI is InChI=1S/C17H21NO3/c1-4-6-15(18-12-14-7-5-10-21-14)13-8-9-16(19-2)17(11-13)20-3/h4-5,7-11,15,18H,1,6,12H2,2-3H3/p+1/t15-/m1/s1. The highest BCUT2D eigenvalue weighted by atomic mass is 16.5. The molecule has 2 N–H and O–H groups in total. The van der Waals surface area contributed by atoms with Gasteiger partial charge in [0.1, 0.15) is 12.6 Å². The molecule has 1 heterocycles. The molecule has 0 radical (unpaired) electrons. The van der Waals surface area contributed by atoms with Gasteiger partial charge in [-0.2, -0.15) is 0 Å². The summed E-state index contributed by atoms with van der Waals surface area (Å²) in [6.07, 6.45) is 4.50. The molecule has 2 aromatic rings. The van der Waals surface area contributed by atoms with Gasteiger partial charge in [-0.15, -0.1) is 6.58 Å². The van der Waals surface area contributed by atoms with Gasteiger partial charge >= 0.3 is 0 Å². The number of quaternary nitrogens is 1. The fourth-order valence-electron chi connectivity index (χ4n) is 2.32. The van der Waals surface area contributed by atoms with E-state index < -0.39 is 0 Å². The van der Waals surface area contributed by atoms with Crippen molar-refractivity contribution in [2.24, 2.45) is 0 Å². The maximum absolute atomic E-state index is 5.38. The number of furan rings is 1. The normalized spacial score (nSPS) is 11.9. The van der Waals surface area contributed by atoms with Gasteiger partial charge in [0.05, 0.1) is 20.5 Å². The van der Waals surface area contributed by atoms with Crippen LogP contribution in [0, 0.1) is 0 Å². The number of nitrogens with two attached hydrogens (primary N) is 1. The number of methoxy groups -OCH3 is 2. The van der Waals surface area contributed by atoms with E-state index in [1.54, 1.807) is 20.5 Å². The van der Waals surface area contributed by atoms with Gasteiger partial charge in [0.2, 0.25) is 0 Å². The van der Waals surface area contributed by atoms with Crippen molar-refractivity contribution in [2.45, 2.75) is 19.0 Å². The number of rotatable bonds is 8. The Bertz CT molecular complexity index is 563. The molecule has 4 nitrogen and oxygen atoms in total. The summed E-state index contributed by atoms with van der Waals surface area (Å²) >= 11 is 0. The van der Waals surface area contributed by atoms with Gasteiger partial charge < -0.3 is 19.2 Å². The molecule has 0 amide bonds. The van der Waals surface area contributed by atoms with Crippen LogP contribution in [0.3, 0.4) is 0 Å². The summed E-state index contributed by atoms with van der Waals surface area (Å²) in [5.74, 6) is 2.45. The van der Waals surface area contributed by atoms with Crippen molar-refractivity contribution in [1.29, 1.82) is 0 Å². The second-order valence-electron chi connectivity index (χ2n) is 4.76. The first-order valence-electron chi connectivity index (χ1n) is 6.97. The first-order chi connectivity index (χ1) is 10.3. The molecule has 21 heavy (non-hydrogen) atoms. The Morgan fingerprint density at radius 2 is 2.05 bits per heavy atom. The fourth-order valence-corrected chi connectivity index (χ4v) is 2.32. The van der Waals surface area contributed by atoms with Crippen LogP contribution in [-0.4, -0.2) is 14.2 Å². The summed E-state index contributed by atoms with van der Waals surface area (Å²) < 4.78 is 16.0. The van der Waals surface area contributed by atoms with Crippen molar-refractivity contribution >= 4 is 0 Å². The van der Waals surface area contributed by atoms with Crippen LogP contribution >= 0.6 is 0 Å². The average molecular weight is 288 g/mol. The summed E-state index contributed by atoms with van der Waals surface area (Å²) in [4.78, 5) is 0. The molecular weight excluding hydrogens is 266 g/mol. The number of ether oxygens (including phenoxy) is 2. The quantitative estimate of drug-likeness (QED) is 0.760. The number of hydrogen-bond acceptors (Lipinski definition) is 3. The molecule has 0 aliphatic heterocycles. The molecule has 112 valence electrons. The minimum absolute atomic E-state index is 0.271. The van der Waals surface area contributed by atoms with Crippen LogP contribution < -0.4 is 14.8 Å². The van der Waals surface area contributed by atoms with E-state index in [1.807, 2.05) is 30.3 Å². The van der Waals surface area contributed by atoms with Gasteiger partial charge in [0.15, 0.2) is 17.3 Å². The Morgan fingerprint density at radius 1 is 1.24 bits per heavy atom. The summed E-state index contributed by atoms with van der Waals surface area (Å²) in [5, 5.41) is 2.24. The molecule has 0 saturated carbocycles. The Kier molecular flexibility index (Phi) is 5.46. The lowest BCUT2D eigenvalue weighted by Crippen LogP contribution is -2.83. The van der Waals surface area contributed by atoms with Gasteiger partial charge in [0.25, 0.3) is 0 Å². The zero-order valence-electron chi connectivity index (χ0n) is 12.5. The molecule has 0 spiro atoms. The first kappa shape index (κ1) is 15.2. The topological polar surface area (TPSA) is 48.2 Å². The van der Waals surface area contributed by atoms with E-state index in [1.165, 1.54) is 5.56 Å². The third kappa shape index (κ3) is 3.89. The molecule has 0 bridgehead atoms. The molecule has 0 saturated heterocycles. The summed E-state index contributed by atoms with van der Waals surface area (Å²) in [6, 6.07) is 10.2. The largest absolute Gasteiger partial charge is 0.493 e. The molecule has 2 rings (SSSR count). The molecule has 4 heteroatoms. The molecule has 1 aromatic heterocycles. The highest BCUT2D eigenvalue weighted by molar-refractivity contribution is 5.43. The van der Waals surface area contributed by atoms with E-state index >= 15 is 0 Å². The zero-order valence-corrected chi connectivity index (χ0v) is 12.5. The van der Waals surface area contributed by atoms with E-state index in [4.69, 9.17) is 13.9 Å².